The van der Waals surface area contributed by atoms with Crippen LogP contribution in [0.25, 0.3) is 0 Å². The zero-order valence-corrected chi connectivity index (χ0v) is 13.0. The molecule has 2 heterocycles. The summed E-state index contributed by atoms with van der Waals surface area (Å²) in [5.74, 6) is -1.14. The van der Waals surface area contributed by atoms with Crippen molar-refractivity contribution in [1.29, 1.82) is 0 Å². The van der Waals surface area contributed by atoms with E-state index >= 15 is 0 Å². The summed E-state index contributed by atoms with van der Waals surface area (Å²) >= 11 is 0. The normalized spacial score (nSPS) is 19.6. The minimum absolute atomic E-state index is 0.321. The lowest BCUT2D eigenvalue weighted by Gasteiger charge is -2.28. The molecule has 2 aliphatic heterocycles. The van der Waals surface area contributed by atoms with Crippen molar-refractivity contribution in [3.05, 3.63) is 35.4 Å². The molecular formula is C16H20N4O3. The van der Waals surface area contributed by atoms with Gasteiger partial charge in [-0.3, -0.25) is 24.2 Å². The molecule has 0 saturated carbocycles. The molecule has 1 aromatic carbocycles. The first-order valence-corrected chi connectivity index (χ1v) is 7.77. The monoisotopic (exact) mass is 316 g/mol. The molecule has 0 aliphatic carbocycles. The molecule has 1 unspecified atom stereocenters. The van der Waals surface area contributed by atoms with E-state index in [1.165, 1.54) is 0 Å². The van der Waals surface area contributed by atoms with Gasteiger partial charge in [0.1, 0.15) is 6.04 Å². The number of nitrogens with one attached hydrogen (secondary N) is 2. The van der Waals surface area contributed by atoms with Crippen LogP contribution in [0.3, 0.4) is 0 Å². The van der Waals surface area contributed by atoms with Crippen molar-refractivity contribution in [1.82, 2.24) is 20.4 Å². The topological polar surface area (TPSA) is 81.8 Å². The van der Waals surface area contributed by atoms with Gasteiger partial charge >= 0.3 is 0 Å². The fourth-order valence-electron chi connectivity index (χ4n) is 2.88. The summed E-state index contributed by atoms with van der Waals surface area (Å²) in [5.41, 5.74) is 0.721. The number of carbonyl (C=O) groups is 3. The summed E-state index contributed by atoms with van der Waals surface area (Å²) in [6.45, 7) is 5.51. The van der Waals surface area contributed by atoms with Crippen molar-refractivity contribution in [2.45, 2.75) is 13.0 Å². The second-order valence-corrected chi connectivity index (χ2v) is 5.77. The van der Waals surface area contributed by atoms with E-state index in [0.717, 1.165) is 31.1 Å². The smallest absolute Gasteiger partial charge is 0.262 e. The number of hydrogen-bond donors (Lipinski definition) is 2. The Labute approximate surface area is 134 Å². The number of hydrogen-bond acceptors (Lipinski definition) is 5. The van der Waals surface area contributed by atoms with Crippen LogP contribution in [0.1, 0.15) is 27.6 Å². The predicted molar refractivity (Wildman–Crippen MR) is 83.9 cm³/mol. The maximum atomic E-state index is 12.4. The fraction of sp³-hybridized carbons (Fsp3) is 0.438. The summed E-state index contributed by atoms with van der Waals surface area (Å²) in [7, 11) is 0. The van der Waals surface area contributed by atoms with Crippen LogP contribution in [-0.2, 0) is 4.79 Å². The zero-order valence-electron chi connectivity index (χ0n) is 13.0. The third-order valence-electron chi connectivity index (χ3n) is 4.28. The molecular weight excluding hydrogens is 296 g/mol. The van der Waals surface area contributed by atoms with Crippen molar-refractivity contribution in [3.63, 3.8) is 0 Å². The second-order valence-electron chi connectivity index (χ2n) is 5.77. The largest absolute Gasteiger partial charge is 0.342 e. The van der Waals surface area contributed by atoms with E-state index in [1.54, 1.807) is 31.2 Å². The van der Waals surface area contributed by atoms with Crippen molar-refractivity contribution in [3.8, 4) is 0 Å². The highest BCUT2D eigenvalue weighted by Gasteiger charge is 2.40. The van der Waals surface area contributed by atoms with Crippen LogP contribution in [0.2, 0.25) is 0 Å². The fourth-order valence-corrected chi connectivity index (χ4v) is 2.88. The van der Waals surface area contributed by atoms with Gasteiger partial charge in [0, 0.05) is 26.2 Å². The van der Waals surface area contributed by atoms with Gasteiger partial charge in [-0.1, -0.05) is 12.1 Å². The maximum Gasteiger partial charge on any atom is 0.262 e. The first-order valence-electron chi connectivity index (χ1n) is 7.77. The molecule has 0 aromatic heterocycles. The number of piperazine rings is 1. The van der Waals surface area contributed by atoms with Crippen molar-refractivity contribution >= 4 is 17.7 Å². The molecule has 1 aromatic rings. The van der Waals surface area contributed by atoms with Gasteiger partial charge in [-0.2, -0.15) is 0 Å². The van der Waals surface area contributed by atoms with E-state index in [-0.39, 0.29) is 5.91 Å². The molecule has 1 atom stereocenters. The van der Waals surface area contributed by atoms with Crippen LogP contribution >= 0.6 is 0 Å². The van der Waals surface area contributed by atoms with E-state index < -0.39 is 17.9 Å². The Morgan fingerprint density at radius 2 is 1.74 bits per heavy atom. The van der Waals surface area contributed by atoms with Gasteiger partial charge in [0.05, 0.1) is 17.8 Å². The van der Waals surface area contributed by atoms with Gasteiger partial charge in [-0.05, 0) is 19.1 Å². The first-order chi connectivity index (χ1) is 11.1. The summed E-state index contributed by atoms with van der Waals surface area (Å²) in [6.07, 6.45) is 0. The number of rotatable bonds is 4. The molecule has 0 radical (unpaired) electrons. The van der Waals surface area contributed by atoms with Crippen LogP contribution in [0.4, 0.5) is 0 Å². The van der Waals surface area contributed by atoms with Gasteiger partial charge in [-0.25, -0.2) is 0 Å². The molecule has 7 nitrogen and oxygen atoms in total. The number of fused-ring (bicyclic) bond motifs is 1. The van der Waals surface area contributed by atoms with E-state index in [1.807, 2.05) is 0 Å². The van der Waals surface area contributed by atoms with Crippen molar-refractivity contribution < 1.29 is 14.4 Å². The summed E-state index contributed by atoms with van der Waals surface area (Å²) in [4.78, 5) is 40.2. The van der Waals surface area contributed by atoms with Gasteiger partial charge < -0.3 is 10.6 Å². The minimum Gasteiger partial charge on any atom is -0.342 e. The number of benzene rings is 1. The third kappa shape index (κ3) is 2.97. The number of amides is 3. The molecule has 7 heteroatoms. The highest BCUT2D eigenvalue weighted by atomic mass is 16.2. The van der Waals surface area contributed by atoms with E-state index in [9.17, 15) is 14.4 Å². The van der Waals surface area contributed by atoms with Gasteiger partial charge in [-0.15, -0.1) is 0 Å². The maximum absolute atomic E-state index is 12.4. The average Bonchev–Trinajstić information content (AvgIpc) is 2.84. The lowest BCUT2D eigenvalue weighted by molar-refractivity contribution is -0.125. The Bertz CT molecular complexity index is 605. The molecule has 2 aliphatic rings. The van der Waals surface area contributed by atoms with Gasteiger partial charge in [0.15, 0.2) is 0 Å². The Morgan fingerprint density at radius 1 is 1.17 bits per heavy atom. The lowest BCUT2D eigenvalue weighted by Crippen LogP contribution is -2.52. The molecule has 122 valence electrons. The molecule has 2 N–H and O–H groups in total. The molecule has 1 fully saturated rings. The molecule has 23 heavy (non-hydrogen) atoms. The van der Waals surface area contributed by atoms with Crippen molar-refractivity contribution in [2.75, 3.05) is 32.8 Å². The summed E-state index contributed by atoms with van der Waals surface area (Å²) < 4.78 is 0. The summed E-state index contributed by atoms with van der Waals surface area (Å²) in [5, 5.41) is 6.05. The van der Waals surface area contributed by atoms with Crippen LogP contribution in [0, 0.1) is 0 Å². The number of carbonyl (C=O) groups excluding carboxylic acids is 3. The van der Waals surface area contributed by atoms with Crippen LogP contribution in [0.15, 0.2) is 24.3 Å². The molecule has 0 bridgehead atoms. The standard InChI is InChI=1S/C16H20N4O3/c1-11(14(21)18-10-19-8-6-17-7-9-19)20-15(22)12-4-2-3-5-13(12)16(20)23/h2-5,11,17H,6-10H2,1H3,(H,18,21). The first kappa shape index (κ1) is 15.6. The molecule has 3 rings (SSSR count). The third-order valence-corrected chi connectivity index (χ3v) is 4.28. The van der Waals surface area contributed by atoms with Gasteiger partial charge in [0.25, 0.3) is 11.8 Å². The highest BCUT2D eigenvalue weighted by molar-refractivity contribution is 6.22. The van der Waals surface area contributed by atoms with Gasteiger partial charge in [0.2, 0.25) is 5.91 Å². The predicted octanol–water partition coefficient (Wildman–Crippen LogP) is -0.350. The molecule has 0 spiro atoms. The van der Waals surface area contributed by atoms with Crippen molar-refractivity contribution in [2.24, 2.45) is 0 Å². The van der Waals surface area contributed by atoms with Crippen LogP contribution < -0.4 is 10.6 Å². The SMILES string of the molecule is CC(C(=O)NCN1CCNCC1)N1C(=O)c2ccccc2C1=O. The lowest BCUT2D eigenvalue weighted by atomic mass is 10.1. The summed E-state index contributed by atoms with van der Waals surface area (Å²) in [6, 6.07) is 5.82. The second kappa shape index (κ2) is 6.47. The van der Waals surface area contributed by atoms with E-state index in [2.05, 4.69) is 15.5 Å². The molecule has 1 saturated heterocycles. The van der Waals surface area contributed by atoms with Crippen LogP contribution in [0.5, 0.6) is 0 Å². The van der Waals surface area contributed by atoms with E-state index in [4.69, 9.17) is 0 Å². The quantitative estimate of drug-likeness (QED) is 0.742. The Hall–Kier alpha value is -2.25. The Balaban J connectivity index is 1.64. The number of imide groups is 1. The Morgan fingerprint density at radius 3 is 2.30 bits per heavy atom. The Kier molecular flexibility index (Phi) is 4.40. The van der Waals surface area contributed by atoms with Crippen LogP contribution in [-0.4, -0.2) is 66.4 Å². The van der Waals surface area contributed by atoms with E-state index in [0.29, 0.717) is 17.8 Å². The highest BCUT2D eigenvalue weighted by Crippen LogP contribution is 2.24. The minimum atomic E-state index is -0.828. The number of nitrogens with zero attached hydrogens (tertiary/aromatic N) is 2. The average molecular weight is 316 g/mol. The molecule has 3 amide bonds. The zero-order chi connectivity index (χ0) is 16.4.